The molecule has 5 heteroatoms. The zero-order chi connectivity index (χ0) is 9.14. The highest BCUT2D eigenvalue weighted by molar-refractivity contribution is 5.44. The molecule has 0 aliphatic heterocycles. The Morgan fingerprint density at radius 2 is 2.58 bits per heavy atom. The quantitative estimate of drug-likeness (QED) is 0.632. The third-order valence-electron chi connectivity index (χ3n) is 1.45. The number of rotatable bonds is 2. The summed E-state index contributed by atoms with van der Waals surface area (Å²) >= 11 is 0. The number of hydrogen-bond acceptors (Lipinski definition) is 4. The first-order chi connectivity index (χ1) is 5.65. The van der Waals surface area contributed by atoms with Crippen molar-refractivity contribution in [3.8, 4) is 6.07 Å². The van der Waals surface area contributed by atoms with Crippen molar-refractivity contribution in [1.82, 2.24) is 9.55 Å². The molecule has 0 bridgehead atoms. The number of nitrogen functional groups attached to an aromatic ring is 1. The van der Waals surface area contributed by atoms with Crippen LogP contribution in [0.5, 0.6) is 0 Å². The fourth-order valence-electron chi connectivity index (χ4n) is 0.908. The second-order valence-corrected chi connectivity index (χ2v) is 2.59. The average molecular weight is 166 g/mol. The van der Waals surface area contributed by atoms with Gasteiger partial charge in [0.05, 0.1) is 19.0 Å². The lowest BCUT2D eigenvalue weighted by Crippen LogP contribution is -2.12. The van der Waals surface area contributed by atoms with Crippen LogP contribution < -0.4 is 5.73 Å². The minimum atomic E-state index is -0.493. The molecule has 0 fully saturated rings. The molecular weight excluding hydrogens is 156 g/mol. The summed E-state index contributed by atoms with van der Waals surface area (Å²) in [5.41, 5.74) is 5.73. The Balaban J connectivity index is 2.89. The lowest BCUT2D eigenvalue weighted by Gasteiger charge is -2.05. The van der Waals surface area contributed by atoms with E-state index < -0.39 is 6.10 Å². The molecule has 64 valence electrons. The van der Waals surface area contributed by atoms with Gasteiger partial charge in [-0.1, -0.05) is 0 Å². The first kappa shape index (κ1) is 8.56. The van der Waals surface area contributed by atoms with E-state index >= 15 is 0 Å². The number of nitrogens with zero attached hydrogens (tertiary/aromatic N) is 3. The summed E-state index contributed by atoms with van der Waals surface area (Å²) in [5.74, 6) is 0.304. The number of anilines is 1. The van der Waals surface area contributed by atoms with Crippen LogP contribution in [0.25, 0.3) is 0 Å². The Hall–Kier alpha value is -1.54. The highest BCUT2D eigenvalue weighted by Gasteiger charge is 2.07. The van der Waals surface area contributed by atoms with Crippen molar-refractivity contribution in [2.45, 2.75) is 19.6 Å². The number of imidazole rings is 1. The van der Waals surface area contributed by atoms with Gasteiger partial charge in [0, 0.05) is 0 Å². The van der Waals surface area contributed by atoms with Crippen LogP contribution >= 0.6 is 0 Å². The van der Waals surface area contributed by atoms with Crippen molar-refractivity contribution >= 4 is 5.82 Å². The maximum atomic E-state index is 9.03. The van der Waals surface area contributed by atoms with Crippen LogP contribution in [0.15, 0.2) is 6.33 Å². The molecular formula is C7H10N4O. The summed E-state index contributed by atoms with van der Waals surface area (Å²) < 4.78 is 1.54. The van der Waals surface area contributed by atoms with Gasteiger partial charge in [0.1, 0.15) is 11.9 Å². The first-order valence-corrected chi connectivity index (χ1v) is 3.54. The second-order valence-electron chi connectivity index (χ2n) is 2.59. The highest BCUT2D eigenvalue weighted by atomic mass is 16.3. The molecule has 1 aromatic heterocycles. The van der Waals surface area contributed by atoms with Crippen LogP contribution in [-0.2, 0) is 6.54 Å². The van der Waals surface area contributed by atoms with E-state index in [1.54, 1.807) is 11.5 Å². The fraction of sp³-hybridized carbons (Fsp3) is 0.429. The van der Waals surface area contributed by atoms with Gasteiger partial charge in [0.25, 0.3) is 0 Å². The highest BCUT2D eigenvalue weighted by Crippen LogP contribution is 2.08. The Morgan fingerprint density at radius 1 is 1.92 bits per heavy atom. The summed E-state index contributed by atoms with van der Waals surface area (Å²) in [7, 11) is 0. The van der Waals surface area contributed by atoms with Gasteiger partial charge in [-0.2, -0.15) is 5.26 Å². The molecule has 3 N–H and O–H groups in total. The summed E-state index contributed by atoms with van der Waals surface area (Å²) in [6, 6.07) is 1.85. The number of aliphatic hydroxyl groups excluding tert-OH is 1. The maximum Gasteiger partial charge on any atom is 0.182 e. The fourth-order valence-corrected chi connectivity index (χ4v) is 0.908. The van der Waals surface area contributed by atoms with Crippen LogP contribution in [0.4, 0.5) is 5.82 Å². The van der Waals surface area contributed by atoms with Crippen LogP contribution in [-0.4, -0.2) is 20.8 Å². The molecule has 1 heterocycles. The topological polar surface area (TPSA) is 87.9 Å². The van der Waals surface area contributed by atoms with Gasteiger partial charge in [-0.05, 0) is 6.92 Å². The zero-order valence-electron chi connectivity index (χ0n) is 6.73. The minimum Gasteiger partial charge on any atom is -0.392 e. The van der Waals surface area contributed by atoms with Gasteiger partial charge in [0.2, 0.25) is 0 Å². The Bertz CT molecular complexity index is 310. The summed E-state index contributed by atoms with van der Waals surface area (Å²) in [6.07, 6.45) is 0.952. The van der Waals surface area contributed by atoms with E-state index in [-0.39, 0.29) is 5.69 Å². The van der Waals surface area contributed by atoms with Gasteiger partial charge in [-0.25, -0.2) is 4.98 Å². The van der Waals surface area contributed by atoms with Crippen LogP contribution in [0.1, 0.15) is 12.6 Å². The van der Waals surface area contributed by atoms with Crippen LogP contribution in [0.3, 0.4) is 0 Å². The minimum absolute atomic E-state index is 0.204. The van der Waals surface area contributed by atoms with Crippen LogP contribution in [0.2, 0.25) is 0 Å². The normalized spacial score (nSPS) is 12.4. The van der Waals surface area contributed by atoms with Crippen LogP contribution in [0, 0.1) is 11.3 Å². The maximum absolute atomic E-state index is 9.03. The number of hydrogen-bond donors (Lipinski definition) is 2. The summed E-state index contributed by atoms with van der Waals surface area (Å²) in [4.78, 5) is 3.75. The van der Waals surface area contributed by atoms with Crippen molar-refractivity contribution in [2.24, 2.45) is 0 Å². The molecule has 0 aromatic carbocycles. The molecule has 1 aromatic rings. The van der Waals surface area contributed by atoms with Crippen molar-refractivity contribution in [2.75, 3.05) is 5.73 Å². The van der Waals surface area contributed by atoms with Crippen molar-refractivity contribution in [3.05, 3.63) is 12.0 Å². The lowest BCUT2D eigenvalue weighted by atomic mass is 10.4. The summed E-state index contributed by atoms with van der Waals surface area (Å²) in [6.45, 7) is 2.01. The molecule has 0 aliphatic rings. The molecule has 1 atom stereocenters. The lowest BCUT2D eigenvalue weighted by molar-refractivity contribution is 0.174. The molecule has 0 radical (unpaired) electrons. The third-order valence-corrected chi connectivity index (χ3v) is 1.45. The van der Waals surface area contributed by atoms with E-state index in [4.69, 9.17) is 16.1 Å². The zero-order valence-corrected chi connectivity index (χ0v) is 6.73. The van der Waals surface area contributed by atoms with E-state index in [0.29, 0.717) is 12.4 Å². The van der Waals surface area contributed by atoms with E-state index in [2.05, 4.69) is 4.98 Å². The van der Waals surface area contributed by atoms with Crippen molar-refractivity contribution in [1.29, 1.82) is 5.26 Å². The Morgan fingerprint density at radius 3 is 3.00 bits per heavy atom. The largest absolute Gasteiger partial charge is 0.392 e. The van der Waals surface area contributed by atoms with Gasteiger partial charge in [-0.15, -0.1) is 0 Å². The predicted octanol–water partition coefficient (Wildman–Crippen LogP) is -0.282. The molecule has 0 aliphatic carbocycles. The Kier molecular flexibility index (Phi) is 2.31. The Labute approximate surface area is 70.1 Å². The molecule has 0 spiro atoms. The molecule has 5 nitrogen and oxygen atoms in total. The SMILES string of the molecule is C[C@H](O)Cn1cnc(C#N)c1N. The smallest absolute Gasteiger partial charge is 0.182 e. The second kappa shape index (κ2) is 3.24. The summed E-state index contributed by atoms with van der Waals surface area (Å²) in [5, 5.41) is 17.5. The molecule has 0 saturated carbocycles. The average Bonchev–Trinajstić information content (AvgIpc) is 2.32. The molecule has 0 amide bonds. The third kappa shape index (κ3) is 1.54. The number of aromatic nitrogens is 2. The predicted molar refractivity (Wildman–Crippen MR) is 43.0 cm³/mol. The van der Waals surface area contributed by atoms with Crippen molar-refractivity contribution in [3.63, 3.8) is 0 Å². The van der Waals surface area contributed by atoms with Gasteiger partial charge < -0.3 is 15.4 Å². The monoisotopic (exact) mass is 166 g/mol. The number of aliphatic hydroxyl groups is 1. The van der Waals surface area contributed by atoms with E-state index in [1.807, 2.05) is 6.07 Å². The number of nitriles is 1. The first-order valence-electron chi connectivity index (χ1n) is 3.54. The molecule has 12 heavy (non-hydrogen) atoms. The molecule has 0 saturated heterocycles. The number of nitrogens with two attached hydrogens (primary N) is 1. The van der Waals surface area contributed by atoms with Gasteiger partial charge in [0.15, 0.2) is 5.69 Å². The van der Waals surface area contributed by atoms with Crippen molar-refractivity contribution < 1.29 is 5.11 Å². The van der Waals surface area contributed by atoms with E-state index in [9.17, 15) is 0 Å². The molecule has 1 rings (SSSR count). The van der Waals surface area contributed by atoms with E-state index in [0.717, 1.165) is 0 Å². The van der Waals surface area contributed by atoms with Gasteiger partial charge in [-0.3, -0.25) is 0 Å². The standard InChI is InChI=1S/C7H10N4O/c1-5(12)3-11-4-10-6(2-8)7(11)9/h4-5,12H,3,9H2,1H3/t5-/m0/s1. The molecule has 0 unspecified atom stereocenters. The van der Waals surface area contributed by atoms with E-state index in [1.165, 1.54) is 6.33 Å². The van der Waals surface area contributed by atoms with Gasteiger partial charge >= 0.3 is 0 Å².